The molecule has 184 valence electrons. The van der Waals surface area contributed by atoms with Crippen molar-refractivity contribution >= 4 is 11.7 Å². The largest absolute Gasteiger partial charge is 0.494 e. The molecule has 0 bridgehead atoms. The molecule has 2 aromatic carbocycles. The lowest BCUT2D eigenvalue weighted by atomic mass is 9.99. The molecule has 0 N–H and O–H groups in total. The average molecular weight is 475 g/mol. The predicted molar refractivity (Wildman–Crippen MR) is 138 cm³/mol. The van der Waals surface area contributed by atoms with Crippen LogP contribution in [0.4, 0.5) is 5.82 Å². The fraction of sp³-hybridized carbons (Fsp3) is 0.393. The first kappa shape index (κ1) is 24.5. The molecule has 1 aliphatic heterocycles. The zero-order valence-corrected chi connectivity index (χ0v) is 21.2. The van der Waals surface area contributed by atoms with E-state index in [9.17, 15) is 4.79 Å². The van der Waals surface area contributed by atoms with Gasteiger partial charge >= 0.3 is 0 Å². The Morgan fingerprint density at radius 2 is 1.54 bits per heavy atom. The van der Waals surface area contributed by atoms with Gasteiger partial charge in [0.1, 0.15) is 11.5 Å². The highest BCUT2D eigenvalue weighted by molar-refractivity contribution is 5.81. The van der Waals surface area contributed by atoms with Crippen LogP contribution in [-0.4, -0.2) is 59.9 Å². The highest BCUT2D eigenvalue weighted by Gasteiger charge is 2.26. The van der Waals surface area contributed by atoms with Crippen LogP contribution in [0.15, 0.2) is 48.5 Å². The van der Waals surface area contributed by atoms with Gasteiger partial charge in [-0.2, -0.15) is 0 Å². The molecule has 7 heteroatoms. The zero-order chi connectivity index (χ0) is 24.9. The van der Waals surface area contributed by atoms with Gasteiger partial charge in [-0.05, 0) is 93.8 Å². The van der Waals surface area contributed by atoms with Gasteiger partial charge in [-0.3, -0.25) is 4.79 Å². The third-order valence-corrected chi connectivity index (χ3v) is 6.48. The third kappa shape index (κ3) is 5.73. The van der Waals surface area contributed by atoms with Crippen molar-refractivity contribution in [2.75, 3.05) is 37.7 Å². The van der Waals surface area contributed by atoms with E-state index in [1.165, 1.54) is 16.7 Å². The maximum absolute atomic E-state index is 12.9. The Hall–Kier alpha value is -3.61. The number of hydrogen-bond acceptors (Lipinski definition) is 6. The van der Waals surface area contributed by atoms with Gasteiger partial charge in [0.25, 0.3) is 5.91 Å². The number of anilines is 1. The monoisotopic (exact) mass is 474 g/mol. The van der Waals surface area contributed by atoms with E-state index in [0.717, 1.165) is 22.8 Å². The molecule has 0 saturated carbocycles. The van der Waals surface area contributed by atoms with Crippen molar-refractivity contribution in [2.45, 2.75) is 40.7 Å². The Kier molecular flexibility index (Phi) is 7.54. The quantitative estimate of drug-likeness (QED) is 0.499. The second kappa shape index (κ2) is 10.8. The topological polar surface area (TPSA) is 67.8 Å². The first-order valence-corrected chi connectivity index (χ1v) is 12.2. The summed E-state index contributed by atoms with van der Waals surface area (Å²) in [6.07, 6.45) is -0.556. The number of carbonyl (C=O) groups excluding carboxylic acids is 1. The number of hydrogen-bond donors (Lipinski definition) is 0. The van der Waals surface area contributed by atoms with Crippen molar-refractivity contribution in [3.8, 4) is 22.8 Å². The van der Waals surface area contributed by atoms with E-state index in [2.05, 4.69) is 48.0 Å². The van der Waals surface area contributed by atoms with Crippen LogP contribution in [-0.2, 0) is 4.79 Å². The smallest absolute Gasteiger partial charge is 0.263 e. The van der Waals surface area contributed by atoms with Crippen LogP contribution >= 0.6 is 0 Å². The number of piperazine rings is 1. The molecule has 1 unspecified atom stereocenters. The minimum absolute atomic E-state index is 0.00909. The molecule has 0 radical (unpaired) electrons. The van der Waals surface area contributed by atoms with Gasteiger partial charge in [0.05, 0.1) is 12.3 Å². The second-order valence-electron chi connectivity index (χ2n) is 9.00. The normalized spacial score (nSPS) is 14.5. The Morgan fingerprint density at radius 3 is 2.17 bits per heavy atom. The van der Waals surface area contributed by atoms with E-state index in [4.69, 9.17) is 9.47 Å². The van der Waals surface area contributed by atoms with Crippen LogP contribution in [0.1, 0.15) is 30.5 Å². The van der Waals surface area contributed by atoms with Crippen LogP contribution in [0.5, 0.6) is 11.5 Å². The first-order chi connectivity index (χ1) is 16.9. The number of aromatic nitrogens is 2. The minimum atomic E-state index is -0.556. The summed E-state index contributed by atoms with van der Waals surface area (Å²) in [4.78, 5) is 17.0. The van der Waals surface area contributed by atoms with E-state index in [1.807, 2.05) is 48.2 Å². The van der Waals surface area contributed by atoms with Gasteiger partial charge < -0.3 is 19.3 Å². The molecule has 4 rings (SSSR count). The minimum Gasteiger partial charge on any atom is -0.494 e. The SMILES string of the molecule is CCOc1ccc(OC(C)C(=O)N2CCN(c3ccc(-c4cc(C)c(C)cc4C)nn3)CC2)cc1. The predicted octanol–water partition coefficient (Wildman–Crippen LogP) is 4.58. The number of carbonyl (C=O) groups is 1. The van der Waals surface area contributed by atoms with Crippen LogP contribution in [0, 0.1) is 20.8 Å². The van der Waals surface area contributed by atoms with Crippen LogP contribution in [0.3, 0.4) is 0 Å². The van der Waals surface area contributed by atoms with Gasteiger partial charge in [-0.25, -0.2) is 0 Å². The average Bonchev–Trinajstić information content (AvgIpc) is 2.87. The molecule has 35 heavy (non-hydrogen) atoms. The lowest BCUT2D eigenvalue weighted by Crippen LogP contribution is -2.52. The molecule has 1 saturated heterocycles. The Labute approximate surface area is 207 Å². The van der Waals surface area contributed by atoms with Gasteiger partial charge in [-0.1, -0.05) is 6.07 Å². The van der Waals surface area contributed by atoms with E-state index in [1.54, 1.807) is 6.92 Å². The number of amides is 1. The summed E-state index contributed by atoms with van der Waals surface area (Å²) in [5.41, 5.74) is 5.72. The van der Waals surface area contributed by atoms with E-state index in [-0.39, 0.29) is 5.91 Å². The van der Waals surface area contributed by atoms with Crippen LogP contribution in [0.25, 0.3) is 11.3 Å². The molecule has 1 atom stereocenters. The van der Waals surface area contributed by atoms with Gasteiger partial charge in [0.15, 0.2) is 11.9 Å². The third-order valence-electron chi connectivity index (χ3n) is 6.48. The summed E-state index contributed by atoms with van der Waals surface area (Å²) in [6.45, 7) is 13.4. The molecule has 1 aromatic heterocycles. The molecule has 1 aliphatic rings. The molecule has 7 nitrogen and oxygen atoms in total. The number of nitrogens with zero attached hydrogens (tertiary/aromatic N) is 4. The van der Waals surface area contributed by atoms with E-state index >= 15 is 0 Å². The van der Waals surface area contributed by atoms with Crippen molar-refractivity contribution in [1.29, 1.82) is 0 Å². The molecule has 2 heterocycles. The highest BCUT2D eigenvalue weighted by Crippen LogP contribution is 2.26. The molecule has 0 aliphatic carbocycles. The molecular weight excluding hydrogens is 440 g/mol. The standard InChI is InChI=1S/C28H34N4O3/c1-6-34-23-7-9-24(10-8-23)35-22(5)28(33)32-15-13-31(14-16-32)27-12-11-26(29-30-27)25-18-20(3)19(2)17-21(25)4/h7-12,17-18,22H,6,13-16H2,1-5H3. The molecular formula is C28H34N4O3. The van der Waals surface area contributed by atoms with Crippen LogP contribution < -0.4 is 14.4 Å². The van der Waals surface area contributed by atoms with Crippen LogP contribution in [0.2, 0.25) is 0 Å². The summed E-state index contributed by atoms with van der Waals surface area (Å²) in [5.74, 6) is 2.27. The van der Waals surface area contributed by atoms with E-state index in [0.29, 0.717) is 38.5 Å². The number of benzene rings is 2. The molecule has 1 fully saturated rings. The Bertz CT molecular complexity index is 1150. The summed E-state index contributed by atoms with van der Waals surface area (Å²) >= 11 is 0. The number of ether oxygens (including phenoxy) is 2. The summed E-state index contributed by atoms with van der Waals surface area (Å²) in [5, 5.41) is 8.99. The van der Waals surface area contributed by atoms with Gasteiger partial charge in [-0.15, -0.1) is 10.2 Å². The fourth-order valence-electron chi connectivity index (χ4n) is 4.32. The zero-order valence-electron chi connectivity index (χ0n) is 21.2. The Balaban J connectivity index is 1.32. The van der Waals surface area contributed by atoms with Crippen molar-refractivity contribution in [1.82, 2.24) is 15.1 Å². The van der Waals surface area contributed by atoms with Crippen molar-refractivity contribution in [3.05, 3.63) is 65.2 Å². The van der Waals surface area contributed by atoms with E-state index < -0.39 is 6.10 Å². The summed E-state index contributed by atoms with van der Waals surface area (Å²) in [7, 11) is 0. The Morgan fingerprint density at radius 1 is 0.886 bits per heavy atom. The number of aryl methyl sites for hydroxylation is 3. The number of rotatable bonds is 7. The van der Waals surface area contributed by atoms with Crippen molar-refractivity contribution < 1.29 is 14.3 Å². The molecule has 3 aromatic rings. The van der Waals surface area contributed by atoms with Gasteiger partial charge in [0.2, 0.25) is 0 Å². The summed E-state index contributed by atoms with van der Waals surface area (Å²) in [6, 6.07) is 15.8. The molecule has 1 amide bonds. The van der Waals surface area contributed by atoms with Crippen molar-refractivity contribution in [3.63, 3.8) is 0 Å². The van der Waals surface area contributed by atoms with Gasteiger partial charge in [0, 0.05) is 31.7 Å². The fourth-order valence-corrected chi connectivity index (χ4v) is 4.32. The second-order valence-corrected chi connectivity index (χ2v) is 9.00. The first-order valence-electron chi connectivity index (χ1n) is 12.2. The maximum Gasteiger partial charge on any atom is 0.263 e. The maximum atomic E-state index is 12.9. The lowest BCUT2D eigenvalue weighted by Gasteiger charge is -2.36. The highest BCUT2D eigenvalue weighted by atomic mass is 16.5. The van der Waals surface area contributed by atoms with Crippen molar-refractivity contribution in [2.24, 2.45) is 0 Å². The lowest BCUT2D eigenvalue weighted by molar-refractivity contribution is -0.138. The summed E-state index contributed by atoms with van der Waals surface area (Å²) < 4.78 is 11.3. The molecule has 0 spiro atoms.